The van der Waals surface area contributed by atoms with Gasteiger partial charge in [-0.25, -0.2) is 4.98 Å². The summed E-state index contributed by atoms with van der Waals surface area (Å²) in [6, 6.07) is 8.86. The number of H-pyrrole nitrogens is 1. The van der Waals surface area contributed by atoms with E-state index in [4.69, 9.17) is 27.9 Å². The molecule has 2 N–H and O–H groups in total. The molecule has 0 saturated carbocycles. The molecule has 3 aromatic rings. The summed E-state index contributed by atoms with van der Waals surface area (Å²) in [5.74, 6) is 0.205. The van der Waals surface area contributed by atoms with Crippen molar-refractivity contribution in [1.29, 1.82) is 0 Å². The van der Waals surface area contributed by atoms with Gasteiger partial charge in [-0.3, -0.25) is 9.59 Å². The highest BCUT2D eigenvalue weighted by atomic mass is 35.5. The number of carbonyl (C=O) groups is 1. The SMILES string of the molecule is CC(C)C(=O)NCc1ccc(Cl)c(-c2nc3cc(Cl)c(N4CCOCC4)cc3c(=O)[nH]2)c1. The minimum Gasteiger partial charge on any atom is -0.378 e. The summed E-state index contributed by atoms with van der Waals surface area (Å²) in [4.78, 5) is 34.4. The van der Waals surface area contributed by atoms with Crippen molar-refractivity contribution in [3.8, 4) is 11.4 Å². The summed E-state index contributed by atoms with van der Waals surface area (Å²) >= 11 is 13.0. The molecule has 0 aliphatic carbocycles. The van der Waals surface area contributed by atoms with Crippen LogP contribution in [0, 0.1) is 5.92 Å². The lowest BCUT2D eigenvalue weighted by atomic mass is 10.1. The van der Waals surface area contributed by atoms with E-state index in [0.29, 0.717) is 65.2 Å². The fourth-order valence-corrected chi connectivity index (χ4v) is 4.06. The van der Waals surface area contributed by atoms with E-state index >= 15 is 0 Å². The highest BCUT2D eigenvalue weighted by Gasteiger charge is 2.18. The smallest absolute Gasteiger partial charge is 0.259 e. The molecular formula is C23H24Cl2N4O3. The van der Waals surface area contributed by atoms with Crippen molar-refractivity contribution < 1.29 is 9.53 Å². The van der Waals surface area contributed by atoms with Crippen molar-refractivity contribution >= 4 is 45.7 Å². The van der Waals surface area contributed by atoms with Crippen LogP contribution in [0.3, 0.4) is 0 Å². The standard InChI is InChI=1S/C23H24Cl2N4O3/c1-13(2)22(30)26-12-14-3-4-17(24)15(9-14)21-27-19-11-18(25)20(10-16(19)23(31)28-21)29-5-7-32-8-6-29/h3-4,9-11,13H,5-8,12H2,1-2H3,(H,26,30)(H,27,28,31). The van der Waals surface area contributed by atoms with Crippen LogP contribution in [0.1, 0.15) is 19.4 Å². The van der Waals surface area contributed by atoms with Crippen molar-refractivity contribution in [3.63, 3.8) is 0 Å². The van der Waals surface area contributed by atoms with Gasteiger partial charge in [0.1, 0.15) is 5.82 Å². The van der Waals surface area contributed by atoms with E-state index in [-0.39, 0.29) is 17.4 Å². The molecular weight excluding hydrogens is 451 g/mol. The number of aromatic amines is 1. The molecule has 4 rings (SSSR count). The lowest BCUT2D eigenvalue weighted by Crippen LogP contribution is -2.36. The summed E-state index contributed by atoms with van der Waals surface area (Å²) < 4.78 is 5.40. The van der Waals surface area contributed by atoms with Crippen LogP contribution in [0.25, 0.3) is 22.3 Å². The van der Waals surface area contributed by atoms with Gasteiger partial charge < -0.3 is 19.9 Å². The summed E-state index contributed by atoms with van der Waals surface area (Å²) in [7, 11) is 0. The molecule has 1 fully saturated rings. The van der Waals surface area contributed by atoms with Crippen molar-refractivity contribution in [2.45, 2.75) is 20.4 Å². The third-order valence-corrected chi connectivity index (χ3v) is 6.04. The molecule has 0 atom stereocenters. The predicted octanol–water partition coefficient (Wildman–Crippen LogP) is 4.01. The van der Waals surface area contributed by atoms with E-state index < -0.39 is 0 Å². The molecule has 0 bridgehead atoms. The normalized spacial score (nSPS) is 14.2. The van der Waals surface area contributed by atoms with Gasteiger partial charge >= 0.3 is 0 Å². The maximum Gasteiger partial charge on any atom is 0.259 e. The first-order valence-electron chi connectivity index (χ1n) is 10.5. The van der Waals surface area contributed by atoms with Gasteiger partial charge in [-0.2, -0.15) is 0 Å². The van der Waals surface area contributed by atoms with Gasteiger partial charge in [-0.15, -0.1) is 0 Å². The Bertz CT molecular complexity index is 1220. The van der Waals surface area contributed by atoms with E-state index in [1.165, 1.54) is 0 Å². The zero-order valence-electron chi connectivity index (χ0n) is 17.9. The molecule has 1 aliphatic rings. The first-order valence-corrected chi connectivity index (χ1v) is 11.2. The Labute approximate surface area is 195 Å². The van der Waals surface area contributed by atoms with E-state index in [1.807, 2.05) is 26.0 Å². The van der Waals surface area contributed by atoms with Crippen LogP contribution < -0.4 is 15.8 Å². The molecule has 9 heteroatoms. The second-order valence-corrected chi connectivity index (χ2v) is 8.84. The summed E-state index contributed by atoms with van der Waals surface area (Å²) in [6.07, 6.45) is 0. The van der Waals surface area contributed by atoms with E-state index in [9.17, 15) is 9.59 Å². The maximum atomic E-state index is 12.9. The maximum absolute atomic E-state index is 12.9. The molecule has 2 aromatic carbocycles. The number of rotatable bonds is 5. The fraction of sp³-hybridized carbons (Fsp3) is 0.348. The molecule has 0 spiro atoms. The van der Waals surface area contributed by atoms with E-state index in [2.05, 4.69) is 20.2 Å². The third-order valence-electron chi connectivity index (χ3n) is 5.40. The van der Waals surface area contributed by atoms with Crippen LogP contribution >= 0.6 is 23.2 Å². The van der Waals surface area contributed by atoms with Crippen molar-refractivity contribution in [2.75, 3.05) is 31.2 Å². The number of aromatic nitrogens is 2. The Morgan fingerprint density at radius 1 is 1.19 bits per heavy atom. The fourth-order valence-electron chi connectivity index (χ4n) is 3.58. The number of benzene rings is 2. The number of halogens is 2. The van der Waals surface area contributed by atoms with Gasteiger partial charge in [-0.05, 0) is 29.8 Å². The first-order chi connectivity index (χ1) is 15.3. The lowest BCUT2D eigenvalue weighted by molar-refractivity contribution is -0.124. The number of morpholine rings is 1. The second-order valence-electron chi connectivity index (χ2n) is 8.02. The number of fused-ring (bicyclic) bond motifs is 1. The number of nitrogens with zero attached hydrogens (tertiary/aromatic N) is 2. The topological polar surface area (TPSA) is 87.3 Å². The number of ether oxygens (including phenoxy) is 1. The van der Waals surface area contributed by atoms with Gasteiger partial charge in [0.2, 0.25) is 5.91 Å². The Morgan fingerprint density at radius 2 is 1.94 bits per heavy atom. The summed E-state index contributed by atoms with van der Waals surface area (Å²) in [6.45, 7) is 6.69. The van der Waals surface area contributed by atoms with Crippen molar-refractivity contribution in [3.05, 3.63) is 56.3 Å². The molecule has 2 heterocycles. The third kappa shape index (κ3) is 4.75. The van der Waals surface area contributed by atoms with Crippen LogP contribution in [0.4, 0.5) is 5.69 Å². The minimum atomic E-state index is -0.272. The molecule has 1 saturated heterocycles. The monoisotopic (exact) mass is 474 g/mol. The van der Waals surface area contributed by atoms with E-state index in [1.54, 1.807) is 18.2 Å². The van der Waals surface area contributed by atoms with Crippen molar-refractivity contribution in [2.24, 2.45) is 5.92 Å². The van der Waals surface area contributed by atoms with Crippen LogP contribution in [0.5, 0.6) is 0 Å². The Hall–Kier alpha value is -2.61. The average molecular weight is 475 g/mol. The van der Waals surface area contributed by atoms with Gasteiger partial charge in [0, 0.05) is 31.1 Å². The second kappa shape index (κ2) is 9.48. The molecule has 0 unspecified atom stereocenters. The van der Waals surface area contributed by atoms with Gasteiger partial charge in [-0.1, -0.05) is 43.1 Å². The predicted molar refractivity (Wildman–Crippen MR) is 128 cm³/mol. The van der Waals surface area contributed by atoms with Crippen LogP contribution in [0.15, 0.2) is 35.1 Å². The zero-order valence-corrected chi connectivity index (χ0v) is 19.4. The average Bonchev–Trinajstić information content (AvgIpc) is 2.78. The Balaban J connectivity index is 1.70. The minimum absolute atomic E-state index is 0.0375. The van der Waals surface area contributed by atoms with Crippen LogP contribution in [0.2, 0.25) is 10.0 Å². The number of hydrogen-bond donors (Lipinski definition) is 2. The molecule has 1 amide bonds. The summed E-state index contributed by atoms with van der Waals surface area (Å²) in [5, 5.41) is 4.31. The van der Waals surface area contributed by atoms with Crippen molar-refractivity contribution in [1.82, 2.24) is 15.3 Å². The number of carbonyl (C=O) groups excluding carboxylic acids is 1. The quantitative estimate of drug-likeness (QED) is 0.583. The Morgan fingerprint density at radius 3 is 2.66 bits per heavy atom. The molecule has 168 valence electrons. The molecule has 1 aliphatic heterocycles. The first kappa shape index (κ1) is 22.6. The molecule has 32 heavy (non-hydrogen) atoms. The number of amides is 1. The highest BCUT2D eigenvalue weighted by molar-refractivity contribution is 6.34. The highest BCUT2D eigenvalue weighted by Crippen LogP contribution is 2.32. The number of nitrogens with one attached hydrogen (secondary N) is 2. The zero-order chi connectivity index (χ0) is 22.8. The number of anilines is 1. The largest absolute Gasteiger partial charge is 0.378 e. The molecule has 0 radical (unpaired) electrons. The number of hydrogen-bond acceptors (Lipinski definition) is 5. The van der Waals surface area contributed by atoms with Gasteiger partial charge in [0.05, 0.1) is 39.8 Å². The molecule has 1 aromatic heterocycles. The Kier molecular flexibility index (Phi) is 6.69. The lowest BCUT2D eigenvalue weighted by Gasteiger charge is -2.29. The van der Waals surface area contributed by atoms with Crippen LogP contribution in [-0.2, 0) is 16.1 Å². The van der Waals surface area contributed by atoms with E-state index in [0.717, 1.165) is 11.3 Å². The summed E-state index contributed by atoms with van der Waals surface area (Å²) in [5.41, 5.74) is 2.44. The van der Waals surface area contributed by atoms with Gasteiger partial charge in [0.25, 0.3) is 5.56 Å². The molecule has 7 nitrogen and oxygen atoms in total. The van der Waals surface area contributed by atoms with Gasteiger partial charge in [0.15, 0.2) is 0 Å². The van der Waals surface area contributed by atoms with Crippen LogP contribution in [-0.4, -0.2) is 42.2 Å².